The van der Waals surface area contributed by atoms with Crippen LogP contribution in [0.4, 0.5) is 4.79 Å². The Morgan fingerprint density at radius 1 is 0.627 bits per heavy atom. The van der Waals surface area contributed by atoms with E-state index in [1.807, 2.05) is 111 Å². The Kier molecular flexibility index (Phi) is 14.1. The molecule has 0 aromatic heterocycles. The third-order valence-electron chi connectivity index (χ3n) is 8.53. The molecule has 10 heteroatoms. The number of esters is 1. The molecule has 3 amide bonds. The minimum Gasteiger partial charge on any atom is -0.467 e. The van der Waals surface area contributed by atoms with E-state index in [2.05, 4.69) is 16.0 Å². The topological polar surface area (TPSA) is 140 Å². The highest BCUT2D eigenvalue weighted by molar-refractivity contribution is 6.01. The van der Waals surface area contributed by atoms with E-state index < -0.39 is 47.9 Å². The van der Waals surface area contributed by atoms with E-state index >= 15 is 0 Å². The number of amides is 3. The van der Waals surface area contributed by atoms with Gasteiger partial charge in [0.1, 0.15) is 24.7 Å². The zero-order valence-electron chi connectivity index (χ0n) is 29.4. The summed E-state index contributed by atoms with van der Waals surface area (Å²) in [6, 6.07) is 30.0. The molecule has 0 spiro atoms. The van der Waals surface area contributed by atoms with Crippen LogP contribution >= 0.6 is 0 Å². The number of carbonyl (C=O) groups is 5. The first-order chi connectivity index (χ1) is 24.5. The molecule has 0 bridgehead atoms. The number of ketones is 1. The van der Waals surface area contributed by atoms with E-state index in [0.29, 0.717) is 5.56 Å². The van der Waals surface area contributed by atoms with Crippen molar-refractivity contribution >= 4 is 29.7 Å². The van der Waals surface area contributed by atoms with Gasteiger partial charge in [-0.15, -0.1) is 0 Å². The molecule has 266 valence electrons. The summed E-state index contributed by atoms with van der Waals surface area (Å²) in [5.74, 6) is -2.62. The number of methoxy groups -OCH3 is 1. The molecule has 0 aliphatic carbocycles. The van der Waals surface area contributed by atoms with Gasteiger partial charge in [-0.25, -0.2) is 9.59 Å². The van der Waals surface area contributed by atoms with Gasteiger partial charge in [-0.05, 0) is 50.3 Å². The van der Waals surface area contributed by atoms with Gasteiger partial charge < -0.3 is 25.4 Å². The Morgan fingerprint density at radius 3 is 1.78 bits per heavy atom. The summed E-state index contributed by atoms with van der Waals surface area (Å²) in [6.45, 7) is 5.40. The monoisotopic (exact) mass is 691 g/mol. The van der Waals surface area contributed by atoms with Crippen LogP contribution in [0.1, 0.15) is 63.9 Å². The average Bonchev–Trinajstić information content (AvgIpc) is 3.14. The van der Waals surface area contributed by atoms with Gasteiger partial charge in [0, 0.05) is 17.9 Å². The van der Waals surface area contributed by atoms with Gasteiger partial charge in [-0.3, -0.25) is 14.4 Å². The minimum absolute atomic E-state index is 0.0153. The maximum Gasteiger partial charge on any atom is 0.408 e. The normalized spacial score (nSPS) is 13.1. The Morgan fingerprint density at radius 2 is 1.20 bits per heavy atom. The number of Topliss-reactive ketones (excluding diaryl/α,β-unsaturated/α-hetero) is 1. The van der Waals surface area contributed by atoms with Crippen LogP contribution in [0.5, 0.6) is 0 Å². The average molecular weight is 692 g/mol. The summed E-state index contributed by atoms with van der Waals surface area (Å²) in [5.41, 5.74) is 4.98. The third-order valence-corrected chi connectivity index (χ3v) is 8.53. The van der Waals surface area contributed by atoms with Crippen LogP contribution in [-0.2, 0) is 36.9 Å². The second-order valence-corrected chi connectivity index (χ2v) is 12.5. The van der Waals surface area contributed by atoms with Crippen LogP contribution < -0.4 is 16.0 Å². The molecule has 0 aliphatic rings. The summed E-state index contributed by atoms with van der Waals surface area (Å²) in [6.07, 6.45) is -0.311. The number of ether oxygens (including phenoxy) is 2. The predicted octanol–water partition coefficient (Wildman–Crippen LogP) is 5.75. The fourth-order valence-electron chi connectivity index (χ4n) is 5.53. The highest BCUT2D eigenvalue weighted by Gasteiger charge is 2.30. The van der Waals surface area contributed by atoms with Crippen molar-refractivity contribution in [3.05, 3.63) is 143 Å². The molecule has 0 saturated carbocycles. The first-order valence-corrected chi connectivity index (χ1v) is 16.9. The van der Waals surface area contributed by atoms with Crippen molar-refractivity contribution in [2.45, 2.75) is 70.7 Å². The smallest absolute Gasteiger partial charge is 0.408 e. The van der Waals surface area contributed by atoms with Gasteiger partial charge in [0.05, 0.1) is 7.11 Å². The summed E-state index contributed by atoms with van der Waals surface area (Å²) in [7, 11) is 1.22. The molecule has 0 saturated heterocycles. The van der Waals surface area contributed by atoms with Crippen LogP contribution in [0.3, 0.4) is 0 Å². The zero-order valence-corrected chi connectivity index (χ0v) is 29.4. The van der Waals surface area contributed by atoms with Crippen LogP contribution in [0.15, 0.2) is 109 Å². The maximum atomic E-state index is 13.7. The fraction of sp³-hybridized carbons (Fsp3) is 0.293. The van der Waals surface area contributed by atoms with Gasteiger partial charge in [-0.2, -0.15) is 0 Å². The summed E-state index contributed by atoms with van der Waals surface area (Å²) in [5, 5.41) is 7.96. The standard InChI is InChI=1S/C41H45N3O7/c1-27-15-19-32(20-16-27)34(37(45)33-21-17-28(2)18-22-33)23-24-35(40(48)50-4)43-38(46)29(3)42-39(47)36(25-30-11-7-5-8-12-30)44-41(49)51-26-31-13-9-6-10-14-31/h5-22,29,34-36H,23-26H2,1-4H3,(H,42,47)(H,43,46)(H,44,49)/t29-,34?,35-,36-/m0/s1. The lowest BCUT2D eigenvalue weighted by molar-refractivity contribution is -0.145. The summed E-state index contributed by atoms with van der Waals surface area (Å²) >= 11 is 0. The van der Waals surface area contributed by atoms with Crippen LogP contribution in [0.2, 0.25) is 0 Å². The lowest BCUT2D eigenvalue weighted by atomic mass is 9.85. The molecule has 4 atom stereocenters. The molecule has 0 fully saturated rings. The van der Waals surface area contributed by atoms with Gasteiger partial charge in [0.25, 0.3) is 0 Å². The number of rotatable bonds is 16. The number of aryl methyl sites for hydroxylation is 2. The van der Waals surface area contributed by atoms with Crippen LogP contribution in [-0.4, -0.2) is 54.9 Å². The second-order valence-electron chi connectivity index (χ2n) is 12.5. The van der Waals surface area contributed by atoms with E-state index in [1.165, 1.54) is 14.0 Å². The molecule has 4 rings (SSSR count). The number of carbonyl (C=O) groups excluding carboxylic acids is 5. The fourth-order valence-corrected chi connectivity index (χ4v) is 5.53. The molecule has 0 aliphatic heterocycles. The van der Waals surface area contributed by atoms with Gasteiger partial charge in [-0.1, -0.05) is 120 Å². The van der Waals surface area contributed by atoms with E-state index in [9.17, 15) is 24.0 Å². The lowest BCUT2D eigenvalue weighted by Crippen LogP contribution is -2.55. The molecule has 51 heavy (non-hydrogen) atoms. The van der Waals surface area contributed by atoms with Gasteiger partial charge >= 0.3 is 12.1 Å². The van der Waals surface area contributed by atoms with Gasteiger partial charge in [0.15, 0.2) is 5.78 Å². The van der Waals surface area contributed by atoms with Crippen molar-refractivity contribution < 1.29 is 33.4 Å². The lowest BCUT2D eigenvalue weighted by Gasteiger charge is -2.24. The number of benzene rings is 4. The van der Waals surface area contributed by atoms with E-state index in [4.69, 9.17) is 9.47 Å². The van der Waals surface area contributed by atoms with Crippen molar-refractivity contribution in [1.82, 2.24) is 16.0 Å². The molecule has 4 aromatic rings. The van der Waals surface area contributed by atoms with E-state index in [1.54, 1.807) is 12.1 Å². The second kappa shape index (κ2) is 18.8. The SMILES string of the molecule is COC(=O)[C@H](CCC(C(=O)c1ccc(C)cc1)c1ccc(C)cc1)NC(=O)[C@H](C)NC(=O)[C@H](Cc1ccccc1)NC(=O)OCc1ccccc1. The summed E-state index contributed by atoms with van der Waals surface area (Å²) in [4.78, 5) is 66.2. The van der Waals surface area contributed by atoms with Crippen LogP contribution in [0, 0.1) is 13.8 Å². The summed E-state index contributed by atoms with van der Waals surface area (Å²) < 4.78 is 10.3. The maximum absolute atomic E-state index is 13.7. The van der Waals surface area contributed by atoms with Gasteiger partial charge in [0.2, 0.25) is 11.8 Å². The van der Waals surface area contributed by atoms with E-state index in [0.717, 1.165) is 27.8 Å². The van der Waals surface area contributed by atoms with Crippen molar-refractivity contribution in [2.75, 3.05) is 7.11 Å². The third kappa shape index (κ3) is 11.7. The largest absolute Gasteiger partial charge is 0.467 e. The van der Waals surface area contributed by atoms with Crippen molar-refractivity contribution in [1.29, 1.82) is 0 Å². The van der Waals surface area contributed by atoms with E-state index in [-0.39, 0.29) is 31.7 Å². The molecule has 4 aromatic carbocycles. The highest BCUT2D eigenvalue weighted by Crippen LogP contribution is 2.27. The Hall–Kier alpha value is -5.77. The first-order valence-electron chi connectivity index (χ1n) is 16.9. The Balaban J connectivity index is 1.43. The number of hydrogen-bond acceptors (Lipinski definition) is 7. The molecule has 3 N–H and O–H groups in total. The molecular formula is C41H45N3O7. The zero-order chi connectivity index (χ0) is 36.8. The Bertz CT molecular complexity index is 1760. The van der Waals surface area contributed by atoms with Crippen molar-refractivity contribution in [2.24, 2.45) is 0 Å². The van der Waals surface area contributed by atoms with Crippen molar-refractivity contribution in [3.63, 3.8) is 0 Å². The highest BCUT2D eigenvalue weighted by atomic mass is 16.5. The molecular weight excluding hydrogens is 646 g/mol. The quantitative estimate of drug-likeness (QED) is 0.100. The van der Waals surface area contributed by atoms with Crippen molar-refractivity contribution in [3.8, 4) is 0 Å². The number of hydrogen-bond donors (Lipinski definition) is 3. The molecule has 10 nitrogen and oxygen atoms in total. The predicted molar refractivity (Wildman–Crippen MR) is 194 cm³/mol. The molecule has 0 heterocycles. The number of alkyl carbamates (subject to hydrolysis) is 1. The Labute approximate surface area is 298 Å². The number of nitrogens with one attached hydrogen (secondary N) is 3. The molecule has 1 unspecified atom stereocenters. The minimum atomic E-state index is -1.09. The van der Waals surface area contributed by atoms with Crippen LogP contribution in [0.25, 0.3) is 0 Å². The molecule has 0 radical (unpaired) electrons. The first kappa shape index (κ1) is 38.0.